The van der Waals surface area contributed by atoms with Gasteiger partial charge in [-0.2, -0.15) is 13.2 Å². The maximum Gasteiger partial charge on any atom is 0.424 e. The molecule has 1 aliphatic rings. The van der Waals surface area contributed by atoms with Crippen LogP contribution in [0.4, 0.5) is 13.2 Å². The van der Waals surface area contributed by atoms with Crippen molar-refractivity contribution in [3.63, 3.8) is 0 Å². The standard InChI is InChI=1S/C19H33F3N6O.HI/c1-4-11-28-12-6-15(7-13-28)26-17(23-5-2)25-9-8-18(29,19(20,21)22)16-24-10-14-27(16)3;/h10,14-15,29H,4-9,11-13H2,1-3H3,(H2,23,25,26);1H. The van der Waals surface area contributed by atoms with Crippen LogP contribution in [0.1, 0.15) is 45.4 Å². The zero-order chi connectivity index (χ0) is 21.5. The number of aromatic nitrogens is 2. The predicted molar refractivity (Wildman–Crippen MR) is 122 cm³/mol. The highest BCUT2D eigenvalue weighted by Gasteiger charge is 2.57. The number of hydrogen-bond donors (Lipinski definition) is 3. The maximum absolute atomic E-state index is 13.6. The molecule has 0 aliphatic carbocycles. The Balaban J connectivity index is 0.00000450. The number of imidazole rings is 1. The van der Waals surface area contributed by atoms with Gasteiger partial charge < -0.3 is 25.2 Å². The second kappa shape index (κ2) is 12.1. The van der Waals surface area contributed by atoms with Crippen molar-refractivity contribution >= 4 is 29.9 Å². The first-order valence-electron chi connectivity index (χ1n) is 10.2. The minimum atomic E-state index is -4.85. The van der Waals surface area contributed by atoms with Crippen LogP contribution in [0, 0.1) is 0 Å². The van der Waals surface area contributed by atoms with E-state index in [0.29, 0.717) is 12.5 Å². The highest BCUT2D eigenvalue weighted by molar-refractivity contribution is 14.0. The van der Waals surface area contributed by atoms with Crippen LogP contribution in [0.2, 0.25) is 0 Å². The number of rotatable bonds is 8. The second-order valence-electron chi connectivity index (χ2n) is 7.49. The summed E-state index contributed by atoms with van der Waals surface area (Å²) in [7, 11) is 1.43. The van der Waals surface area contributed by atoms with E-state index in [4.69, 9.17) is 0 Å². The van der Waals surface area contributed by atoms with Crippen molar-refractivity contribution in [2.45, 2.75) is 57.3 Å². The molecule has 0 radical (unpaired) electrons. The summed E-state index contributed by atoms with van der Waals surface area (Å²) in [6.45, 7) is 7.56. The van der Waals surface area contributed by atoms with Crippen LogP contribution >= 0.6 is 24.0 Å². The third-order valence-electron chi connectivity index (χ3n) is 5.22. The lowest BCUT2D eigenvalue weighted by Gasteiger charge is -2.33. The SMILES string of the molecule is CCCN1CCC(NC(=NCCC(O)(c2nccn2C)C(F)(F)F)NCC)CC1.I. The van der Waals surface area contributed by atoms with Gasteiger partial charge in [-0.3, -0.25) is 4.99 Å². The summed E-state index contributed by atoms with van der Waals surface area (Å²) in [4.78, 5) is 10.4. The molecule has 11 heteroatoms. The van der Waals surface area contributed by atoms with Crippen molar-refractivity contribution < 1.29 is 18.3 Å². The fraction of sp³-hybridized carbons (Fsp3) is 0.789. The number of nitrogens with one attached hydrogen (secondary N) is 2. The van der Waals surface area contributed by atoms with Crippen LogP contribution in [-0.2, 0) is 12.6 Å². The molecule has 0 bridgehead atoms. The Kier molecular flexibility index (Phi) is 10.9. The van der Waals surface area contributed by atoms with Gasteiger partial charge in [-0.15, -0.1) is 24.0 Å². The molecule has 30 heavy (non-hydrogen) atoms. The van der Waals surface area contributed by atoms with E-state index in [1.54, 1.807) is 0 Å². The van der Waals surface area contributed by atoms with E-state index in [-0.39, 0.29) is 36.6 Å². The topological polar surface area (TPSA) is 77.7 Å². The van der Waals surface area contributed by atoms with Crippen LogP contribution in [-0.4, -0.2) is 70.5 Å². The second-order valence-corrected chi connectivity index (χ2v) is 7.49. The molecular weight excluding hydrogens is 512 g/mol. The number of aryl methyl sites for hydroxylation is 1. The minimum absolute atomic E-state index is 0. The quantitative estimate of drug-likeness (QED) is 0.266. The molecule has 3 N–H and O–H groups in total. The number of alkyl halides is 3. The lowest BCUT2D eigenvalue weighted by atomic mass is 9.98. The number of aliphatic hydroxyl groups is 1. The van der Waals surface area contributed by atoms with Gasteiger partial charge in [0.05, 0.1) is 0 Å². The maximum atomic E-state index is 13.6. The van der Waals surface area contributed by atoms with Crippen LogP contribution in [0.5, 0.6) is 0 Å². The minimum Gasteiger partial charge on any atom is -0.374 e. The number of likely N-dealkylation sites (tertiary alicyclic amines) is 1. The number of piperidine rings is 1. The fourth-order valence-electron chi connectivity index (χ4n) is 3.60. The Bertz CT molecular complexity index is 661. The van der Waals surface area contributed by atoms with Gasteiger partial charge in [0.25, 0.3) is 0 Å². The van der Waals surface area contributed by atoms with Crippen molar-refractivity contribution in [3.05, 3.63) is 18.2 Å². The molecule has 0 amide bonds. The molecule has 1 saturated heterocycles. The number of aliphatic imine (C=N–C) groups is 1. The van der Waals surface area contributed by atoms with E-state index in [1.807, 2.05) is 6.92 Å². The zero-order valence-corrected chi connectivity index (χ0v) is 20.2. The summed E-state index contributed by atoms with van der Waals surface area (Å²) in [5.74, 6) is 0.0484. The van der Waals surface area contributed by atoms with Crippen molar-refractivity contribution in [3.8, 4) is 0 Å². The summed E-state index contributed by atoms with van der Waals surface area (Å²) >= 11 is 0. The first-order chi connectivity index (χ1) is 13.7. The van der Waals surface area contributed by atoms with Crippen molar-refractivity contribution in [2.24, 2.45) is 12.0 Å². The summed E-state index contributed by atoms with van der Waals surface area (Å²) < 4.78 is 42.0. The number of nitrogens with zero attached hydrogens (tertiary/aromatic N) is 4. The molecule has 174 valence electrons. The Morgan fingerprint density at radius 1 is 1.30 bits per heavy atom. The monoisotopic (exact) mass is 546 g/mol. The van der Waals surface area contributed by atoms with Gasteiger partial charge in [-0.1, -0.05) is 6.92 Å². The molecule has 0 saturated carbocycles. The van der Waals surface area contributed by atoms with Gasteiger partial charge in [0, 0.05) is 58.1 Å². The largest absolute Gasteiger partial charge is 0.424 e. The molecule has 2 heterocycles. The normalized spacial score (nSPS) is 18.6. The third-order valence-corrected chi connectivity index (χ3v) is 5.22. The van der Waals surface area contributed by atoms with E-state index in [1.165, 1.54) is 24.0 Å². The average Bonchev–Trinajstić information content (AvgIpc) is 3.09. The molecule has 1 fully saturated rings. The molecular formula is C19H34F3IN6O. The predicted octanol–water partition coefficient (Wildman–Crippen LogP) is 2.61. The Morgan fingerprint density at radius 3 is 2.47 bits per heavy atom. The molecule has 1 atom stereocenters. The highest BCUT2D eigenvalue weighted by Crippen LogP contribution is 2.40. The molecule has 0 aromatic carbocycles. The van der Waals surface area contributed by atoms with E-state index >= 15 is 0 Å². The van der Waals surface area contributed by atoms with E-state index in [9.17, 15) is 18.3 Å². The van der Waals surface area contributed by atoms with E-state index in [2.05, 4.69) is 32.4 Å². The van der Waals surface area contributed by atoms with E-state index < -0.39 is 24.0 Å². The summed E-state index contributed by atoms with van der Waals surface area (Å²) in [5.41, 5.74) is -3.04. The fourth-order valence-corrected chi connectivity index (χ4v) is 3.60. The van der Waals surface area contributed by atoms with Crippen LogP contribution < -0.4 is 10.6 Å². The van der Waals surface area contributed by atoms with Gasteiger partial charge in [0.2, 0.25) is 5.60 Å². The Labute approximate surface area is 193 Å². The lowest BCUT2D eigenvalue weighted by Crippen LogP contribution is -2.49. The number of halogens is 4. The molecule has 2 rings (SSSR count). The summed E-state index contributed by atoms with van der Waals surface area (Å²) in [6, 6.07) is 0.233. The van der Waals surface area contributed by atoms with Gasteiger partial charge in [0.1, 0.15) is 5.82 Å². The van der Waals surface area contributed by atoms with E-state index in [0.717, 1.165) is 38.9 Å². The van der Waals surface area contributed by atoms with Gasteiger partial charge in [-0.25, -0.2) is 4.98 Å². The van der Waals surface area contributed by atoms with Crippen LogP contribution in [0.3, 0.4) is 0 Å². The molecule has 7 nitrogen and oxygen atoms in total. The summed E-state index contributed by atoms with van der Waals surface area (Å²) in [5, 5.41) is 16.8. The third kappa shape index (κ3) is 6.98. The van der Waals surface area contributed by atoms with Crippen LogP contribution in [0.15, 0.2) is 17.4 Å². The zero-order valence-electron chi connectivity index (χ0n) is 17.9. The molecule has 1 aliphatic heterocycles. The lowest BCUT2D eigenvalue weighted by molar-refractivity contribution is -0.272. The summed E-state index contributed by atoms with van der Waals surface area (Å²) in [6.07, 6.45) is 0.221. The average molecular weight is 546 g/mol. The van der Waals surface area contributed by atoms with Gasteiger partial charge in [-0.05, 0) is 32.7 Å². The molecule has 0 spiro atoms. The van der Waals surface area contributed by atoms with Gasteiger partial charge >= 0.3 is 6.18 Å². The van der Waals surface area contributed by atoms with Crippen LogP contribution in [0.25, 0.3) is 0 Å². The highest BCUT2D eigenvalue weighted by atomic mass is 127. The van der Waals surface area contributed by atoms with Gasteiger partial charge in [0.15, 0.2) is 5.96 Å². The Hall–Kier alpha value is -1.08. The van der Waals surface area contributed by atoms with Crippen molar-refractivity contribution in [1.82, 2.24) is 25.1 Å². The molecule has 1 unspecified atom stereocenters. The van der Waals surface area contributed by atoms with Crippen molar-refractivity contribution in [2.75, 3.05) is 32.7 Å². The first-order valence-corrected chi connectivity index (χ1v) is 10.2. The number of guanidine groups is 1. The molecule has 1 aromatic rings. The number of hydrogen-bond acceptors (Lipinski definition) is 4. The molecule has 1 aromatic heterocycles. The first kappa shape index (κ1) is 27.0. The Morgan fingerprint density at radius 2 is 1.97 bits per heavy atom. The van der Waals surface area contributed by atoms with Crippen molar-refractivity contribution in [1.29, 1.82) is 0 Å². The smallest absolute Gasteiger partial charge is 0.374 e.